The van der Waals surface area contributed by atoms with E-state index in [-0.39, 0.29) is 11.8 Å². The fraction of sp³-hybridized carbons (Fsp3) is 0.370. The van der Waals surface area contributed by atoms with Gasteiger partial charge in [0.1, 0.15) is 13.2 Å². The number of morpholine rings is 1. The molecule has 4 heterocycles. The molecule has 3 aliphatic rings. The summed E-state index contributed by atoms with van der Waals surface area (Å²) in [5.41, 5.74) is 3.94. The van der Waals surface area contributed by atoms with E-state index in [0.717, 1.165) is 16.8 Å². The van der Waals surface area contributed by atoms with Crippen molar-refractivity contribution in [3.05, 3.63) is 76.6 Å². The molecule has 9 heteroatoms. The van der Waals surface area contributed by atoms with E-state index in [0.29, 0.717) is 88.3 Å². The summed E-state index contributed by atoms with van der Waals surface area (Å²) in [6.07, 6.45) is 0.627. The van der Waals surface area contributed by atoms with Gasteiger partial charge in [0.25, 0.3) is 11.8 Å². The predicted molar refractivity (Wildman–Crippen MR) is 130 cm³/mol. The van der Waals surface area contributed by atoms with Crippen LogP contribution in [0.5, 0.6) is 11.5 Å². The number of ether oxygens (including phenoxy) is 3. The molecule has 186 valence electrons. The first-order valence-corrected chi connectivity index (χ1v) is 12.4. The molecular formula is C27H28N4O5. The maximum absolute atomic E-state index is 13.5. The van der Waals surface area contributed by atoms with Gasteiger partial charge in [-0.05, 0) is 23.8 Å². The highest BCUT2D eigenvalue weighted by molar-refractivity contribution is 5.96. The van der Waals surface area contributed by atoms with E-state index in [1.165, 1.54) is 0 Å². The van der Waals surface area contributed by atoms with Crippen molar-refractivity contribution >= 4 is 11.8 Å². The number of benzene rings is 2. The lowest BCUT2D eigenvalue weighted by Crippen LogP contribution is -2.42. The molecule has 2 amide bonds. The van der Waals surface area contributed by atoms with Crippen molar-refractivity contribution in [2.24, 2.45) is 0 Å². The highest BCUT2D eigenvalue weighted by Gasteiger charge is 2.33. The van der Waals surface area contributed by atoms with Gasteiger partial charge in [-0.2, -0.15) is 5.10 Å². The second-order valence-electron chi connectivity index (χ2n) is 9.16. The van der Waals surface area contributed by atoms with E-state index in [2.05, 4.69) is 12.1 Å². The van der Waals surface area contributed by atoms with Crippen LogP contribution in [0.1, 0.15) is 37.7 Å². The number of nitrogens with zero attached hydrogens (tertiary/aromatic N) is 4. The fourth-order valence-electron chi connectivity index (χ4n) is 5.00. The minimum absolute atomic E-state index is 0.0989. The lowest BCUT2D eigenvalue weighted by molar-refractivity contribution is 0.0296. The summed E-state index contributed by atoms with van der Waals surface area (Å²) < 4.78 is 18.6. The minimum atomic E-state index is -0.102. The van der Waals surface area contributed by atoms with E-state index in [9.17, 15) is 9.59 Å². The Balaban J connectivity index is 1.30. The quantitative estimate of drug-likeness (QED) is 0.561. The predicted octanol–water partition coefficient (Wildman–Crippen LogP) is 2.37. The molecule has 0 N–H and O–H groups in total. The number of hydrogen-bond donors (Lipinski definition) is 0. The summed E-state index contributed by atoms with van der Waals surface area (Å²) in [5.74, 6) is 1.04. The Morgan fingerprint density at radius 3 is 2.42 bits per heavy atom. The van der Waals surface area contributed by atoms with Crippen LogP contribution in [0.15, 0.2) is 48.5 Å². The van der Waals surface area contributed by atoms with Gasteiger partial charge in [-0.3, -0.25) is 14.3 Å². The maximum Gasteiger partial charge on any atom is 0.274 e. The van der Waals surface area contributed by atoms with Crippen LogP contribution in [-0.2, 0) is 24.2 Å². The number of aromatic nitrogens is 2. The van der Waals surface area contributed by atoms with Gasteiger partial charge in [0.2, 0.25) is 0 Å². The van der Waals surface area contributed by atoms with Crippen molar-refractivity contribution < 1.29 is 23.8 Å². The van der Waals surface area contributed by atoms with Crippen LogP contribution in [0.25, 0.3) is 0 Å². The van der Waals surface area contributed by atoms with E-state index >= 15 is 0 Å². The van der Waals surface area contributed by atoms with Crippen molar-refractivity contribution in [3.8, 4) is 11.5 Å². The third-order valence-corrected chi connectivity index (χ3v) is 6.89. The first-order chi connectivity index (χ1) is 17.7. The zero-order valence-corrected chi connectivity index (χ0v) is 20.0. The average Bonchev–Trinajstić information content (AvgIpc) is 3.30. The Labute approximate surface area is 209 Å². The molecule has 0 saturated carbocycles. The lowest BCUT2D eigenvalue weighted by atomic mass is 10.0. The van der Waals surface area contributed by atoms with Crippen molar-refractivity contribution in [3.63, 3.8) is 0 Å². The van der Waals surface area contributed by atoms with Crippen molar-refractivity contribution in [1.82, 2.24) is 19.6 Å². The monoisotopic (exact) mass is 488 g/mol. The first-order valence-electron chi connectivity index (χ1n) is 12.4. The van der Waals surface area contributed by atoms with E-state index < -0.39 is 0 Å². The largest absolute Gasteiger partial charge is 0.486 e. The SMILES string of the molecule is O=C(c1ccc2c(c1)OCCO2)N1CCc2c(c(C(=O)N3CCOCC3)nn2Cc2ccccc2)C1. The van der Waals surface area contributed by atoms with Gasteiger partial charge < -0.3 is 24.0 Å². The van der Waals surface area contributed by atoms with Crippen molar-refractivity contribution in [2.45, 2.75) is 19.5 Å². The van der Waals surface area contributed by atoms with E-state index in [4.69, 9.17) is 19.3 Å². The van der Waals surface area contributed by atoms with Gasteiger partial charge >= 0.3 is 0 Å². The highest BCUT2D eigenvalue weighted by Crippen LogP contribution is 2.32. The third-order valence-electron chi connectivity index (χ3n) is 6.89. The summed E-state index contributed by atoms with van der Waals surface area (Å²) in [5, 5.41) is 4.80. The van der Waals surface area contributed by atoms with Gasteiger partial charge in [-0.25, -0.2) is 0 Å². The Bertz CT molecular complexity index is 1280. The van der Waals surface area contributed by atoms with Crippen LogP contribution < -0.4 is 9.47 Å². The maximum atomic E-state index is 13.5. The lowest BCUT2D eigenvalue weighted by Gasteiger charge is -2.30. The molecular weight excluding hydrogens is 460 g/mol. The molecule has 36 heavy (non-hydrogen) atoms. The van der Waals surface area contributed by atoms with Gasteiger partial charge in [0, 0.05) is 42.9 Å². The zero-order chi connectivity index (χ0) is 24.5. The Morgan fingerprint density at radius 2 is 1.61 bits per heavy atom. The molecule has 3 aromatic rings. The molecule has 9 nitrogen and oxygen atoms in total. The normalized spacial score (nSPS) is 17.0. The molecule has 1 aromatic heterocycles. The minimum Gasteiger partial charge on any atom is -0.486 e. The van der Waals surface area contributed by atoms with Gasteiger partial charge in [-0.15, -0.1) is 0 Å². The summed E-state index contributed by atoms with van der Waals surface area (Å²) in [4.78, 5) is 30.6. The number of carbonyl (C=O) groups is 2. The zero-order valence-electron chi connectivity index (χ0n) is 20.0. The molecule has 1 fully saturated rings. The van der Waals surface area contributed by atoms with Gasteiger partial charge in [0.15, 0.2) is 17.2 Å². The first kappa shape index (κ1) is 22.6. The fourth-order valence-corrected chi connectivity index (χ4v) is 5.00. The number of fused-ring (bicyclic) bond motifs is 2. The van der Waals surface area contributed by atoms with E-state index in [1.807, 2.05) is 22.9 Å². The molecule has 1 saturated heterocycles. The molecule has 6 rings (SSSR count). The van der Waals surface area contributed by atoms with Crippen LogP contribution in [0, 0.1) is 0 Å². The van der Waals surface area contributed by atoms with Gasteiger partial charge in [-0.1, -0.05) is 30.3 Å². The van der Waals surface area contributed by atoms with Crippen LogP contribution >= 0.6 is 0 Å². The number of hydrogen-bond acceptors (Lipinski definition) is 6. The third kappa shape index (κ3) is 4.30. The number of carbonyl (C=O) groups excluding carboxylic acids is 2. The molecule has 0 aliphatic carbocycles. The second-order valence-corrected chi connectivity index (χ2v) is 9.16. The molecule has 0 bridgehead atoms. The summed E-state index contributed by atoms with van der Waals surface area (Å²) in [7, 11) is 0. The summed E-state index contributed by atoms with van der Waals surface area (Å²) in [6, 6.07) is 15.4. The molecule has 0 atom stereocenters. The number of amides is 2. The second kappa shape index (κ2) is 9.66. The van der Waals surface area contributed by atoms with E-state index in [1.54, 1.807) is 28.0 Å². The smallest absolute Gasteiger partial charge is 0.274 e. The average molecular weight is 489 g/mol. The van der Waals surface area contributed by atoms with Crippen molar-refractivity contribution in [1.29, 1.82) is 0 Å². The Kier molecular flexibility index (Phi) is 6.06. The highest BCUT2D eigenvalue weighted by atomic mass is 16.6. The Morgan fingerprint density at radius 1 is 0.833 bits per heavy atom. The summed E-state index contributed by atoms with van der Waals surface area (Å²) >= 11 is 0. The summed E-state index contributed by atoms with van der Waals surface area (Å²) in [6.45, 7) is 4.55. The standard InChI is InChI=1S/C27H28N4O5/c32-26(20-6-7-23-24(16-20)36-15-14-35-23)30-9-8-22-21(18-30)25(27(33)29-10-12-34-13-11-29)28-31(22)17-19-4-2-1-3-5-19/h1-7,16H,8-15,17-18H2. The molecule has 0 radical (unpaired) electrons. The Hall–Kier alpha value is -3.85. The molecule has 0 spiro atoms. The number of rotatable bonds is 4. The topological polar surface area (TPSA) is 86.1 Å². The molecule has 0 unspecified atom stereocenters. The molecule has 3 aliphatic heterocycles. The van der Waals surface area contributed by atoms with Crippen LogP contribution in [0.2, 0.25) is 0 Å². The van der Waals surface area contributed by atoms with Crippen LogP contribution in [0.4, 0.5) is 0 Å². The van der Waals surface area contributed by atoms with Crippen LogP contribution in [0.3, 0.4) is 0 Å². The van der Waals surface area contributed by atoms with Crippen molar-refractivity contribution in [2.75, 3.05) is 46.1 Å². The van der Waals surface area contributed by atoms with Gasteiger partial charge in [0.05, 0.1) is 26.3 Å². The van der Waals surface area contributed by atoms with Crippen LogP contribution in [-0.4, -0.2) is 77.5 Å². The molecule has 2 aromatic carbocycles.